The molecular formula is C12H14BrNO4. The first-order chi connectivity index (χ1) is 8.50. The first-order valence-electron chi connectivity index (χ1n) is 5.79. The lowest BCUT2D eigenvalue weighted by molar-refractivity contribution is -0.385. The summed E-state index contributed by atoms with van der Waals surface area (Å²) >= 11 is 3.28. The van der Waals surface area contributed by atoms with E-state index in [1.165, 1.54) is 12.1 Å². The highest BCUT2D eigenvalue weighted by atomic mass is 79.9. The van der Waals surface area contributed by atoms with Crippen LogP contribution in [0.4, 0.5) is 5.69 Å². The topological polar surface area (TPSA) is 72.6 Å². The summed E-state index contributed by atoms with van der Waals surface area (Å²) in [6.45, 7) is 0.173. The van der Waals surface area contributed by atoms with E-state index < -0.39 is 10.5 Å². The van der Waals surface area contributed by atoms with E-state index in [0.717, 1.165) is 25.7 Å². The number of non-ortho nitro benzene ring substituents is 1. The van der Waals surface area contributed by atoms with Gasteiger partial charge in [0.2, 0.25) is 0 Å². The molecule has 98 valence electrons. The molecule has 0 atom stereocenters. The summed E-state index contributed by atoms with van der Waals surface area (Å²) in [5.41, 5.74) is -0.809. The Morgan fingerprint density at radius 1 is 1.44 bits per heavy atom. The fraction of sp³-hybridized carbons (Fsp3) is 0.500. The summed E-state index contributed by atoms with van der Waals surface area (Å²) in [7, 11) is 0. The molecule has 1 aliphatic rings. The van der Waals surface area contributed by atoms with Crippen molar-refractivity contribution in [3.05, 3.63) is 32.8 Å². The number of hydrogen-bond donors (Lipinski definition) is 1. The summed E-state index contributed by atoms with van der Waals surface area (Å²) in [4.78, 5) is 10.2. The molecule has 0 bridgehead atoms. The van der Waals surface area contributed by atoms with E-state index in [2.05, 4.69) is 15.9 Å². The van der Waals surface area contributed by atoms with Crippen LogP contribution in [-0.4, -0.2) is 22.2 Å². The molecule has 0 spiro atoms. The Labute approximate surface area is 113 Å². The van der Waals surface area contributed by atoms with Crippen LogP contribution in [0, 0.1) is 10.1 Å². The predicted octanol–water partition coefficient (Wildman–Crippen LogP) is 3.04. The van der Waals surface area contributed by atoms with Crippen LogP contribution in [0.1, 0.15) is 25.7 Å². The Bertz CT molecular complexity index is 457. The molecule has 0 amide bonds. The van der Waals surface area contributed by atoms with Gasteiger partial charge in [0, 0.05) is 6.07 Å². The molecule has 1 aliphatic carbocycles. The second kappa shape index (κ2) is 5.24. The first-order valence-corrected chi connectivity index (χ1v) is 6.59. The van der Waals surface area contributed by atoms with E-state index in [4.69, 9.17) is 4.74 Å². The van der Waals surface area contributed by atoms with Gasteiger partial charge < -0.3 is 9.84 Å². The first kappa shape index (κ1) is 13.3. The van der Waals surface area contributed by atoms with Crippen LogP contribution < -0.4 is 4.74 Å². The van der Waals surface area contributed by atoms with Crippen LogP contribution in [0.15, 0.2) is 22.7 Å². The average Bonchev–Trinajstić information content (AvgIpc) is 2.75. The van der Waals surface area contributed by atoms with Crippen molar-refractivity contribution in [1.29, 1.82) is 0 Å². The number of ether oxygens (including phenoxy) is 1. The van der Waals surface area contributed by atoms with Gasteiger partial charge in [-0.3, -0.25) is 10.1 Å². The Hall–Kier alpha value is -1.14. The minimum absolute atomic E-state index is 0.0217. The highest BCUT2D eigenvalue weighted by Gasteiger charge is 2.32. The van der Waals surface area contributed by atoms with Gasteiger partial charge in [0.1, 0.15) is 12.4 Å². The maximum absolute atomic E-state index is 10.7. The average molecular weight is 316 g/mol. The van der Waals surface area contributed by atoms with Crippen molar-refractivity contribution in [2.75, 3.05) is 6.61 Å². The Kier molecular flexibility index (Phi) is 3.87. The third-order valence-corrected chi connectivity index (χ3v) is 3.81. The quantitative estimate of drug-likeness (QED) is 0.684. The maximum Gasteiger partial charge on any atom is 0.273 e. The zero-order valence-corrected chi connectivity index (χ0v) is 11.4. The second-order valence-electron chi connectivity index (χ2n) is 4.59. The number of nitro groups is 1. The largest absolute Gasteiger partial charge is 0.489 e. The van der Waals surface area contributed by atoms with E-state index in [9.17, 15) is 15.2 Å². The molecule has 1 N–H and O–H groups in total. The third-order valence-electron chi connectivity index (χ3n) is 3.16. The van der Waals surface area contributed by atoms with E-state index in [1.807, 2.05) is 0 Å². The van der Waals surface area contributed by atoms with Gasteiger partial charge in [-0.15, -0.1) is 0 Å². The van der Waals surface area contributed by atoms with Crippen molar-refractivity contribution in [2.24, 2.45) is 0 Å². The highest BCUT2D eigenvalue weighted by Crippen LogP contribution is 2.33. The lowest BCUT2D eigenvalue weighted by Gasteiger charge is -2.22. The normalized spacial score (nSPS) is 17.7. The number of rotatable bonds is 4. The molecule has 1 fully saturated rings. The van der Waals surface area contributed by atoms with Gasteiger partial charge in [-0.05, 0) is 34.8 Å². The Morgan fingerprint density at radius 2 is 2.11 bits per heavy atom. The molecular weight excluding hydrogens is 302 g/mol. The summed E-state index contributed by atoms with van der Waals surface area (Å²) in [5, 5.41) is 20.8. The molecule has 2 rings (SSSR count). The summed E-state index contributed by atoms with van der Waals surface area (Å²) in [6, 6.07) is 4.34. The third kappa shape index (κ3) is 3.00. The predicted molar refractivity (Wildman–Crippen MR) is 69.7 cm³/mol. The van der Waals surface area contributed by atoms with Gasteiger partial charge in [-0.1, -0.05) is 12.8 Å². The van der Waals surface area contributed by atoms with Crippen molar-refractivity contribution in [3.63, 3.8) is 0 Å². The molecule has 0 heterocycles. The fourth-order valence-electron chi connectivity index (χ4n) is 2.11. The maximum atomic E-state index is 10.7. The number of hydrogen-bond acceptors (Lipinski definition) is 4. The SMILES string of the molecule is O=[N+]([O-])c1ccc(Br)c(OCC2(O)CCCC2)c1. The zero-order chi connectivity index (χ0) is 13.2. The smallest absolute Gasteiger partial charge is 0.273 e. The minimum Gasteiger partial charge on any atom is -0.489 e. The van der Waals surface area contributed by atoms with Crippen LogP contribution in [0.3, 0.4) is 0 Å². The van der Waals surface area contributed by atoms with E-state index in [0.29, 0.717) is 10.2 Å². The number of nitrogens with zero attached hydrogens (tertiary/aromatic N) is 1. The number of benzene rings is 1. The van der Waals surface area contributed by atoms with Gasteiger partial charge in [0.05, 0.1) is 21.1 Å². The fourth-order valence-corrected chi connectivity index (χ4v) is 2.47. The molecule has 1 saturated carbocycles. The molecule has 1 aromatic rings. The zero-order valence-electron chi connectivity index (χ0n) is 9.76. The van der Waals surface area contributed by atoms with Crippen LogP contribution in [0.25, 0.3) is 0 Å². The lowest BCUT2D eigenvalue weighted by atomic mass is 10.0. The van der Waals surface area contributed by atoms with Crippen molar-refractivity contribution in [2.45, 2.75) is 31.3 Å². The number of halogens is 1. The Morgan fingerprint density at radius 3 is 2.72 bits per heavy atom. The van der Waals surface area contributed by atoms with Crippen molar-refractivity contribution in [3.8, 4) is 5.75 Å². The molecule has 0 unspecified atom stereocenters. The van der Waals surface area contributed by atoms with Gasteiger partial charge in [-0.25, -0.2) is 0 Å². The molecule has 18 heavy (non-hydrogen) atoms. The summed E-state index contributed by atoms with van der Waals surface area (Å²) in [5.74, 6) is 0.393. The number of nitro benzene ring substituents is 1. The van der Waals surface area contributed by atoms with Crippen molar-refractivity contribution >= 4 is 21.6 Å². The Balaban J connectivity index is 2.08. The van der Waals surface area contributed by atoms with Gasteiger partial charge >= 0.3 is 0 Å². The standard InChI is InChI=1S/C12H14BrNO4/c13-10-4-3-9(14(16)17)7-11(10)18-8-12(15)5-1-2-6-12/h3-4,7,15H,1-2,5-6,8H2. The van der Waals surface area contributed by atoms with E-state index >= 15 is 0 Å². The van der Waals surface area contributed by atoms with Crippen molar-refractivity contribution < 1.29 is 14.8 Å². The molecule has 1 aromatic carbocycles. The van der Waals surface area contributed by atoms with Crippen molar-refractivity contribution in [1.82, 2.24) is 0 Å². The minimum atomic E-state index is -0.788. The monoisotopic (exact) mass is 315 g/mol. The second-order valence-corrected chi connectivity index (χ2v) is 5.45. The van der Waals surface area contributed by atoms with Gasteiger partial charge in [0.15, 0.2) is 0 Å². The molecule has 0 aromatic heterocycles. The summed E-state index contributed by atoms with van der Waals surface area (Å²) < 4.78 is 6.16. The number of aliphatic hydroxyl groups is 1. The summed E-state index contributed by atoms with van der Waals surface area (Å²) in [6.07, 6.45) is 3.44. The van der Waals surface area contributed by atoms with Crippen LogP contribution in [0.2, 0.25) is 0 Å². The molecule has 0 saturated heterocycles. The van der Waals surface area contributed by atoms with Gasteiger partial charge in [0.25, 0.3) is 5.69 Å². The molecule has 6 heteroatoms. The van der Waals surface area contributed by atoms with Crippen LogP contribution >= 0.6 is 15.9 Å². The molecule has 5 nitrogen and oxygen atoms in total. The van der Waals surface area contributed by atoms with Crippen LogP contribution in [-0.2, 0) is 0 Å². The van der Waals surface area contributed by atoms with E-state index in [1.54, 1.807) is 6.07 Å². The molecule has 0 radical (unpaired) electrons. The van der Waals surface area contributed by atoms with Crippen LogP contribution in [0.5, 0.6) is 5.75 Å². The molecule has 0 aliphatic heterocycles. The highest BCUT2D eigenvalue weighted by molar-refractivity contribution is 9.10. The lowest BCUT2D eigenvalue weighted by Crippen LogP contribution is -2.32. The van der Waals surface area contributed by atoms with E-state index in [-0.39, 0.29) is 12.3 Å². The van der Waals surface area contributed by atoms with Gasteiger partial charge in [-0.2, -0.15) is 0 Å².